The Morgan fingerprint density at radius 1 is 0.944 bits per heavy atom. The van der Waals surface area contributed by atoms with Crippen molar-refractivity contribution < 1.29 is 0 Å². The van der Waals surface area contributed by atoms with E-state index in [1.165, 1.54) is 0 Å². The molecule has 0 bridgehead atoms. The Morgan fingerprint density at radius 3 is 2.56 bits per heavy atom. The normalized spacial score (nSPS) is 10.4. The lowest BCUT2D eigenvalue weighted by molar-refractivity contribution is 1.07. The number of imidazole rings is 1. The third-order valence-electron chi connectivity index (χ3n) is 2.82. The van der Waals surface area contributed by atoms with E-state index in [-0.39, 0.29) is 0 Å². The van der Waals surface area contributed by atoms with E-state index in [1.54, 1.807) is 6.20 Å². The molecular weight excluding hydrogens is 222 g/mol. The van der Waals surface area contributed by atoms with Crippen LogP contribution >= 0.6 is 0 Å². The minimum Gasteiger partial charge on any atom is -0.399 e. The van der Waals surface area contributed by atoms with E-state index in [1.807, 2.05) is 48.7 Å². The van der Waals surface area contributed by atoms with E-state index < -0.39 is 0 Å². The van der Waals surface area contributed by atoms with Crippen LogP contribution in [0.4, 0.5) is 5.69 Å². The third-order valence-corrected chi connectivity index (χ3v) is 2.82. The summed E-state index contributed by atoms with van der Waals surface area (Å²) in [5.41, 5.74) is 8.67. The number of hydrogen-bond acceptors (Lipinski definition) is 2. The van der Waals surface area contributed by atoms with Gasteiger partial charge in [-0.1, -0.05) is 30.3 Å². The molecule has 2 N–H and O–H groups in total. The summed E-state index contributed by atoms with van der Waals surface area (Å²) in [5, 5.41) is 0. The van der Waals surface area contributed by atoms with Crippen molar-refractivity contribution in [3.05, 3.63) is 67.0 Å². The lowest BCUT2D eigenvalue weighted by Crippen LogP contribution is -1.96. The van der Waals surface area contributed by atoms with Gasteiger partial charge in [0, 0.05) is 29.3 Å². The van der Waals surface area contributed by atoms with Crippen LogP contribution in [-0.2, 0) is 0 Å². The molecule has 2 aromatic carbocycles. The van der Waals surface area contributed by atoms with Gasteiger partial charge in [-0.15, -0.1) is 0 Å². The molecule has 3 heteroatoms. The molecule has 1 heterocycles. The molecule has 0 atom stereocenters. The number of nitrogen functional groups attached to an aromatic ring is 1. The van der Waals surface area contributed by atoms with Crippen molar-refractivity contribution in [2.24, 2.45) is 0 Å². The molecule has 0 amide bonds. The van der Waals surface area contributed by atoms with Gasteiger partial charge in [-0.05, 0) is 24.3 Å². The average Bonchev–Trinajstić information content (AvgIpc) is 2.89. The largest absolute Gasteiger partial charge is 0.399 e. The number of para-hydroxylation sites is 1. The molecule has 0 fully saturated rings. The zero-order chi connectivity index (χ0) is 12.4. The van der Waals surface area contributed by atoms with Crippen LogP contribution in [0.2, 0.25) is 0 Å². The minimum absolute atomic E-state index is 0.745. The fraction of sp³-hybridized carbons (Fsp3) is 0. The number of rotatable bonds is 2. The van der Waals surface area contributed by atoms with Gasteiger partial charge in [0.15, 0.2) is 0 Å². The Balaban J connectivity index is 2.13. The van der Waals surface area contributed by atoms with Crippen LogP contribution in [0.25, 0.3) is 17.1 Å². The van der Waals surface area contributed by atoms with Crippen LogP contribution in [0.3, 0.4) is 0 Å². The fourth-order valence-corrected chi connectivity index (χ4v) is 1.99. The second-order valence-corrected chi connectivity index (χ2v) is 4.08. The Morgan fingerprint density at radius 2 is 1.78 bits per heavy atom. The maximum atomic E-state index is 5.82. The molecule has 3 rings (SSSR count). The molecule has 0 unspecified atom stereocenters. The number of aromatic nitrogens is 2. The first-order valence-electron chi connectivity index (χ1n) is 5.79. The zero-order valence-electron chi connectivity index (χ0n) is 9.82. The maximum absolute atomic E-state index is 5.82. The van der Waals surface area contributed by atoms with Gasteiger partial charge in [-0.3, -0.25) is 4.57 Å². The summed E-state index contributed by atoms with van der Waals surface area (Å²) in [5.74, 6) is 0.897. The average molecular weight is 235 g/mol. The molecule has 0 aliphatic carbocycles. The molecule has 0 aliphatic heterocycles. The smallest absolute Gasteiger partial charge is 0.144 e. The predicted octanol–water partition coefficient (Wildman–Crippen LogP) is 3.12. The highest BCUT2D eigenvalue weighted by molar-refractivity contribution is 5.63. The number of hydrogen-bond donors (Lipinski definition) is 1. The fourth-order valence-electron chi connectivity index (χ4n) is 1.99. The summed E-state index contributed by atoms with van der Waals surface area (Å²) in [6, 6.07) is 17.9. The summed E-state index contributed by atoms with van der Waals surface area (Å²) in [4.78, 5) is 4.41. The van der Waals surface area contributed by atoms with Crippen LogP contribution < -0.4 is 5.73 Å². The molecule has 3 nitrogen and oxygen atoms in total. The van der Waals surface area contributed by atoms with Gasteiger partial charge in [-0.2, -0.15) is 0 Å². The van der Waals surface area contributed by atoms with Crippen molar-refractivity contribution in [1.82, 2.24) is 9.55 Å². The maximum Gasteiger partial charge on any atom is 0.144 e. The van der Waals surface area contributed by atoms with Crippen molar-refractivity contribution in [2.45, 2.75) is 0 Å². The lowest BCUT2D eigenvalue weighted by atomic mass is 10.2. The topological polar surface area (TPSA) is 43.8 Å². The molecule has 1 aromatic heterocycles. The van der Waals surface area contributed by atoms with Gasteiger partial charge < -0.3 is 5.73 Å². The summed E-state index contributed by atoms with van der Waals surface area (Å²) in [6.45, 7) is 0. The molecule has 0 radical (unpaired) electrons. The standard InChI is InChI=1S/C15H13N3/c16-13-6-4-5-12(11-13)15-17-9-10-18(15)14-7-2-1-3-8-14/h1-11H,16H2. The molecule has 88 valence electrons. The van der Waals surface area contributed by atoms with Crippen molar-refractivity contribution >= 4 is 5.69 Å². The quantitative estimate of drug-likeness (QED) is 0.693. The lowest BCUT2D eigenvalue weighted by Gasteiger charge is -2.08. The van der Waals surface area contributed by atoms with Crippen LogP contribution in [-0.4, -0.2) is 9.55 Å². The van der Waals surface area contributed by atoms with Gasteiger partial charge >= 0.3 is 0 Å². The molecule has 0 saturated carbocycles. The number of nitrogens with zero attached hydrogens (tertiary/aromatic N) is 2. The molecule has 0 spiro atoms. The first-order chi connectivity index (χ1) is 8.84. The van der Waals surface area contributed by atoms with Crippen molar-refractivity contribution in [1.29, 1.82) is 0 Å². The molecule has 0 aliphatic rings. The summed E-state index contributed by atoms with van der Waals surface area (Å²) < 4.78 is 2.05. The van der Waals surface area contributed by atoms with E-state index in [4.69, 9.17) is 5.73 Å². The van der Waals surface area contributed by atoms with Gasteiger partial charge in [0.25, 0.3) is 0 Å². The number of anilines is 1. The Labute approximate surface area is 106 Å². The van der Waals surface area contributed by atoms with Crippen molar-refractivity contribution in [3.63, 3.8) is 0 Å². The predicted molar refractivity (Wildman–Crippen MR) is 73.4 cm³/mol. The van der Waals surface area contributed by atoms with Crippen LogP contribution in [0.1, 0.15) is 0 Å². The monoisotopic (exact) mass is 235 g/mol. The zero-order valence-corrected chi connectivity index (χ0v) is 9.82. The van der Waals surface area contributed by atoms with E-state index in [9.17, 15) is 0 Å². The summed E-state index contributed by atoms with van der Waals surface area (Å²) in [6.07, 6.45) is 3.75. The molecule has 3 aromatic rings. The second-order valence-electron chi connectivity index (χ2n) is 4.08. The minimum atomic E-state index is 0.745. The van der Waals surface area contributed by atoms with Gasteiger partial charge in [0.2, 0.25) is 0 Å². The summed E-state index contributed by atoms with van der Waals surface area (Å²) in [7, 11) is 0. The van der Waals surface area contributed by atoms with E-state index in [2.05, 4.69) is 21.7 Å². The third kappa shape index (κ3) is 1.86. The van der Waals surface area contributed by atoms with Crippen molar-refractivity contribution in [2.75, 3.05) is 5.73 Å². The number of nitrogens with two attached hydrogens (primary N) is 1. The van der Waals surface area contributed by atoms with Gasteiger partial charge in [-0.25, -0.2) is 4.98 Å². The van der Waals surface area contributed by atoms with Gasteiger partial charge in [0.1, 0.15) is 5.82 Å². The Kier molecular flexibility index (Phi) is 2.57. The first-order valence-corrected chi connectivity index (χ1v) is 5.79. The van der Waals surface area contributed by atoms with E-state index in [0.717, 1.165) is 22.8 Å². The van der Waals surface area contributed by atoms with Crippen LogP contribution in [0.15, 0.2) is 67.0 Å². The number of benzene rings is 2. The van der Waals surface area contributed by atoms with Crippen LogP contribution in [0, 0.1) is 0 Å². The first kappa shape index (κ1) is 10.6. The Hall–Kier alpha value is -2.55. The van der Waals surface area contributed by atoms with Crippen LogP contribution in [0.5, 0.6) is 0 Å². The highest BCUT2D eigenvalue weighted by Crippen LogP contribution is 2.22. The molecular formula is C15H13N3. The Bertz CT molecular complexity index is 656. The second kappa shape index (κ2) is 4.37. The van der Waals surface area contributed by atoms with Crippen molar-refractivity contribution in [3.8, 4) is 17.1 Å². The van der Waals surface area contributed by atoms with E-state index in [0.29, 0.717) is 0 Å². The molecule has 18 heavy (non-hydrogen) atoms. The highest BCUT2D eigenvalue weighted by atomic mass is 15.1. The van der Waals surface area contributed by atoms with Gasteiger partial charge in [0.05, 0.1) is 0 Å². The highest BCUT2D eigenvalue weighted by Gasteiger charge is 2.07. The van der Waals surface area contributed by atoms with E-state index >= 15 is 0 Å². The summed E-state index contributed by atoms with van der Waals surface area (Å²) >= 11 is 0. The SMILES string of the molecule is Nc1cccc(-c2nccn2-c2ccccc2)c1. The molecule has 0 saturated heterocycles.